The minimum atomic E-state index is 0.00290. The molecule has 120 valence electrons. The van der Waals surface area contributed by atoms with Gasteiger partial charge in [-0.3, -0.25) is 14.5 Å². The molecule has 0 aromatic heterocycles. The average Bonchev–Trinajstić information content (AvgIpc) is 2.98. The summed E-state index contributed by atoms with van der Waals surface area (Å²) in [6, 6.07) is 0.518. The van der Waals surface area contributed by atoms with Crippen LogP contribution in [0.25, 0.3) is 0 Å². The van der Waals surface area contributed by atoms with E-state index >= 15 is 0 Å². The topological polar surface area (TPSA) is 49.4 Å². The van der Waals surface area contributed by atoms with Gasteiger partial charge in [0.15, 0.2) is 0 Å². The first-order chi connectivity index (χ1) is 10.1. The molecule has 1 aliphatic heterocycles. The molecule has 2 rings (SSSR count). The Kier molecular flexibility index (Phi) is 5.80. The first kappa shape index (κ1) is 16.5. The maximum Gasteiger partial charge on any atom is 0.233 e. The highest BCUT2D eigenvalue weighted by Gasteiger charge is 2.51. The maximum absolute atomic E-state index is 12.4. The number of unbranched alkanes of at least 4 members (excludes halogenated alkanes) is 1. The molecule has 2 aliphatic rings. The van der Waals surface area contributed by atoms with Crippen LogP contribution in [0, 0.1) is 17.8 Å². The maximum atomic E-state index is 12.4. The lowest BCUT2D eigenvalue weighted by molar-refractivity contribution is -0.140. The molecule has 1 aliphatic carbocycles. The zero-order valence-electron chi connectivity index (χ0n) is 13.7. The molecule has 0 spiro atoms. The van der Waals surface area contributed by atoms with E-state index in [9.17, 15) is 9.59 Å². The molecule has 2 fully saturated rings. The van der Waals surface area contributed by atoms with Crippen LogP contribution in [0.2, 0.25) is 0 Å². The number of hydrogen-bond acceptors (Lipinski definition) is 3. The quantitative estimate of drug-likeness (QED) is 0.553. The first-order valence-corrected chi connectivity index (χ1v) is 8.67. The second kappa shape index (κ2) is 7.39. The van der Waals surface area contributed by atoms with Crippen molar-refractivity contribution in [1.82, 2.24) is 10.2 Å². The van der Waals surface area contributed by atoms with E-state index in [4.69, 9.17) is 0 Å². The number of imide groups is 1. The summed E-state index contributed by atoms with van der Waals surface area (Å²) >= 11 is 0. The van der Waals surface area contributed by atoms with E-state index in [1.54, 1.807) is 4.90 Å². The van der Waals surface area contributed by atoms with E-state index in [1.165, 1.54) is 0 Å². The van der Waals surface area contributed by atoms with Crippen LogP contribution in [0.3, 0.4) is 0 Å². The summed E-state index contributed by atoms with van der Waals surface area (Å²) in [4.78, 5) is 26.3. The lowest BCUT2D eigenvalue weighted by Crippen LogP contribution is -2.33. The number of likely N-dealkylation sites (tertiary alicyclic amines) is 1. The Labute approximate surface area is 128 Å². The smallest absolute Gasteiger partial charge is 0.233 e. The van der Waals surface area contributed by atoms with Gasteiger partial charge in [-0.1, -0.05) is 26.7 Å². The predicted octanol–water partition coefficient (Wildman–Crippen LogP) is 2.58. The summed E-state index contributed by atoms with van der Waals surface area (Å²) in [6.45, 7) is 8.07. The fourth-order valence-corrected chi connectivity index (χ4v) is 3.92. The van der Waals surface area contributed by atoms with Crippen LogP contribution in [0.5, 0.6) is 0 Å². The summed E-state index contributed by atoms with van der Waals surface area (Å²) in [5, 5.41) is 3.39. The third-order valence-electron chi connectivity index (χ3n) is 5.23. The van der Waals surface area contributed by atoms with Crippen molar-refractivity contribution in [3.05, 3.63) is 0 Å². The van der Waals surface area contributed by atoms with Gasteiger partial charge in [-0.2, -0.15) is 0 Å². The van der Waals surface area contributed by atoms with Crippen LogP contribution >= 0.6 is 0 Å². The standard InChI is InChI=1S/C17H30N2O2/c1-4-13-10-14-15(11-13)17(21)19(16(14)20)9-7-6-8-12(3)18-5-2/h12-15,18H,4-11H2,1-3H3. The molecule has 3 atom stereocenters. The van der Waals surface area contributed by atoms with E-state index in [0.717, 1.165) is 45.1 Å². The molecular weight excluding hydrogens is 264 g/mol. The van der Waals surface area contributed by atoms with E-state index < -0.39 is 0 Å². The van der Waals surface area contributed by atoms with Gasteiger partial charge in [0.25, 0.3) is 0 Å². The van der Waals surface area contributed by atoms with Gasteiger partial charge in [0, 0.05) is 12.6 Å². The molecule has 0 bridgehead atoms. The van der Waals surface area contributed by atoms with Gasteiger partial charge in [0.05, 0.1) is 11.8 Å². The average molecular weight is 294 g/mol. The number of nitrogens with zero attached hydrogens (tertiary/aromatic N) is 1. The highest BCUT2D eigenvalue weighted by Crippen LogP contribution is 2.44. The highest BCUT2D eigenvalue weighted by molar-refractivity contribution is 6.05. The second-order valence-electron chi connectivity index (χ2n) is 6.74. The van der Waals surface area contributed by atoms with Crippen molar-refractivity contribution < 1.29 is 9.59 Å². The molecule has 1 saturated heterocycles. The van der Waals surface area contributed by atoms with Crippen molar-refractivity contribution in [3.8, 4) is 0 Å². The molecule has 0 radical (unpaired) electrons. The Morgan fingerprint density at radius 2 is 1.76 bits per heavy atom. The largest absolute Gasteiger partial charge is 0.315 e. The van der Waals surface area contributed by atoms with E-state index in [0.29, 0.717) is 18.5 Å². The molecule has 2 amide bonds. The summed E-state index contributed by atoms with van der Waals surface area (Å²) in [7, 11) is 0. The fourth-order valence-electron chi connectivity index (χ4n) is 3.92. The summed E-state index contributed by atoms with van der Waals surface area (Å²) in [5.41, 5.74) is 0. The van der Waals surface area contributed by atoms with Crippen molar-refractivity contribution in [3.63, 3.8) is 0 Å². The molecule has 4 heteroatoms. The minimum absolute atomic E-state index is 0.00290. The number of fused-ring (bicyclic) bond motifs is 1. The van der Waals surface area contributed by atoms with Crippen LogP contribution in [-0.4, -0.2) is 35.8 Å². The molecule has 0 aromatic rings. The lowest BCUT2D eigenvalue weighted by Gasteiger charge is -2.18. The van der Waals surface area contributed by atoms with Gasteiger partial charge in [-0.15, -0.1) is 0 Å². The molecular formula is C17H30N2O2. The Balaban J connectivity index is 1.76. The number of nitrogens with one attached hydrogen (secondary N) is 1. The SMILES string of the molecule is CCNC(C)CCCCN1C(=O)C2CC(CC)CC2C1=O. The van der Waals surface area contributed by atoms with Crippen LogP contribution in [0.1, 0.15) is 59.3 Å². The van der Waals surface area contributed by atoms with Crippen molar-refractivity contribution in [1.29, 1.82) is 0 Å². The number of hydrogen-bond donors (Lipinski definition) is 1. The second-order valence-corrected chi connectivity index (χ2v) is 6.74. The van der Waals surface area contributed by atoms with Crippen LogP contribution < -0.4 is 5.32 Å². The molecule has 4 nitrogen and oxygen atoms in total. The Morgan fingerprint density at radius 3 is 2.29 bits per heavy atom. The van der Waals surface area contributed by atoms with Gasteiger partial charge in [-0.25, -0.2) is 0 Å². The van der Waals surface area contributed by atoms with Crippen molar-refractivity contribution in [2.75, 3.05) is 13.1 Å². The third kappa shape index (κ3) is 3.65. The lowest BCUT2D eigenvalue weighted by atomic mass is 10.00. The summed E-state index contributed by atoms with van der Waals surface area (Å²) < 4.78 is 0. The molecule has 21 heavy (non-hydrogen) atoms. The molecule has 1 N–H and O–H groups in total. The monoisotopic (exact) mass is 294 g/mol. The predicted molar refractivity (Wildman–Crippen MR) is 83.7 cm³/mol. The van der Waals surface area contributed by atoms with Gasteiger partial charge in [-0.05, 0) is 45.1 Å². The molecule has 1 saturated carbocycles. The van der Waals surface area contributed by atoms with Crippen LogP contribution in [0.15, 0.2) is 0 Å². The zero-order chi connectivity index (χ0) is 15.4. The van der Waals surface area contributed by atoms with Crippen molar-refractivity contribution in [2.45, 2.75) is 65.3 Å². The number of carbonyl (C=O) groups excluding carboxylic acids is 2. The van der Waals surface area contributed by atoms with Gasteiger partial charge in [0.1, 0.15) is 0 Å². The summed E-state index contributed by atoms with van der Waals surface area (Å²) in [5.74, 6) is 0.809. The third-order valence-corrected chi connectivity index (χ3v) is 5.23. The van der Waals surface area contributed by atoms with Crippen LogP contribution in [0.4, 0.5) is 0 Å². The normalized spacial score (nSPS) is 30.0. The van der Waals surface area contributed by atoms with Crippen molar-refractivity contribution >= 4 is 11.8 Å². The minimum Gasteiger partial charge on any atom is -0.315 e. The van der Waals surface area contributed by atoms with Crippen LogP contribution in [-0.2, 0) is 9.59 Å². The Morgan fingerprint density at radius 1 is 1.14 bits per heavy atom. The number of amides is 2. The first-order valence-electron chi connectivity index (χ1n) is 8.67. The Hall–Kier alpha value is -0.900. The van der Waals surface area contributed by atoms with Crippen molar-refractivity contribution in [2.24, 2.45) is 17.8 Å². The fraction of sp³-hybridized carbons (Fsp3) is 0.882. The molecule has 1 heterocycles. The Bertz CT molecular complexity index is 359. The van der Waals surface area contributed by atoms with E-state index in [2.05, 4.69) is 26.1 Å². The van der Waals surface area contributed by atoms with Gasteiger partial charge < -0.3 is 5.32 Å². The number of rotatable bonds is 8. The van der Waals surface area contributed by atoms with E-state index in [1.807, 2.05) is 0 Å². The van der Waals surface area contributed by atoms with Gasteiger partial charge in [0.2, 0.25) is 11.8 Å². The van der Waals surface area contributed by atoms with Gasteiger partial charge >= 0.3 is 0 Å². The molecule has 0 aromatic carbocycles. The zero-order valence-corrected chi connectivity index (χ0v) is 13.7. The number of carbonyl (C=O) groups is 2. The van der Waals surface area contributed by atoms with E-state index in [-0.39, 0.29) is 23.7 Å². The summed E-state index contributed by atoms with van der Waals surface area (Å²) in [6.07, 6.45) is 6.06. The highest BCUT2D eigenvalue weighted by atomic mass is 16.2. The molecule has 3 unspecified atom stereocenters.